The Kier molecular flexibility index (Phi) is 7.01. The lowest BCUT2D eigenvalue weighted by atomic mass is 9.52. The lowest BCUT2D eigenvalue weighted by Gasteiger charge is -2.52. The van der Waals surface area contributed by atoms with E-state index in [1.807, 2.05) is 4.90 Å². The third kappa shape index (κ3) is 4.20. The summed E-state index contributed by atoms with van der Waals surface area (Å²) in [5, 5.41) is 0. The number of hydrogen-bond donors (Lipinski definition) is 0. The van der Waals surface area contributed by atoms with Crippen LogP contribution in [0, 0.1) is 40.9 Å². The van der Waals surface area contributed by atoms with Crippen LogP contribution < -0.4 is 0 Å². The number of amides is 1. The minimum Gasteiger partial charge on any atom is -0.449 e. The molecule has 5 heteroatoms. The number of piperidine rings is 1. The molecule has 2 saturated heterocycles. The third-order valence-electron chi connectivity index (χ3n) is 12.5. The van der Waals surface area contributed by atoms with E-state index >= 15 is 0 Å². The first-order valence-corrected chi connectivity index (χ1v) is 16.0. The Bertz CT molecular complexity index is 989. The van der Waals surface area contributed by atoms with Crippen LogP contribution in [0.4, 0.5) is 4.79 Å². The van der Waals surface area contributed by atoms with Crippen LogP contribution in [0.3, 0.4) is 0 Å². The lowest BCUT2D eigenvalue weighted by molar-refractivity contribution is -0.129. The highest BCUT2D eigenvalue weighted by Gasteiger charge is 2.60. The number of carbonyl (C=O) groups excluding carboxylic acids is 2. The number of unbranched alkanes of at least 4 members (excludes halogenated alkanes) is 1. The molecular weight excluding hydrogens is 474 g/mol. The molecule has 4 aliphatic carbocycles. The minimum absolute atomic E-state index is 0.116. The normalized spacial score (nSPS) is 46.3. The largest absolute Gasteiger partial charge is 0.449 e. The van der Waals surface area contributed by atoms with Gasteiger partial charge in [-0.3, -0.25) is 4.79 Å². The van der Waals surface area contributed by atoms with Gasteiger partial charge in [0.15, 0.2) is 0 Å². The van der Waals surface area contributed by atoms with Crippen LogP contribution in [-0.2, 0) is 14.3 Å². The first-order chi connectivity index (χ1) is 18.2. The van der Waals surface area contributed by atoms with Crippen LogP contribution in [0.1, 0.15) is 112 Å². The molecule has 2 aliphatic heterocycles. The van der Waals surface area contributed by atoms with E-state index in [1.165, 1.54) is 25.7 Å². The van der Waals surface area contributed by atoms with Gasteiger partial charge in [0.2, 0.25) is 0 Å². The van der Waals surface area contributed by atoms with Crippen LogP contribution in [0.2, 0.25) is 0 Å². The molecule has 0 aromatic carbocycles. The lowest BCUT2D eigenvalue weighted by Crippen LogP contribution is -2.54. The molecule has 0 radical (unpaired) electrons. The summed E-state index contributed by atoms with van der Waals surface area (Å²) >= 11 is 0. The third-order valence-corrected chi connectivity index (χ3v) is 12.5. The Morgan fingerprint density at radius 1 is 1.16 bits per heavy atom. The molecule has 3 saturated carbocycles. The average molecular weight is 526 g/mol. The fourth-order valence-corrected chi connectivity index (χ4v) is 10.4. The highest BCUT2D eigenvalue weighted by Crippen LogP contribution is 2.65. The first kappa shape index (κ1) is 26.8. The van der Waals surface area contributed by atoms with Crippen LogP contribution in [0.5, 0.6) is 0 Å². The maximum atomic E-state index is 13.2. The molecule has 1 spiro atoms. The summed E-state index contributed by atoms with van der Waals surface area (Å²) in [6.45, 7) is 13.0. The van der Waals surface area contributed by atoms with E-state index in [9.17, 15) is 9.59 Å². The molecule has 10 atom stereocenters. The fraction of sp³-hybridized carbons (Fsp3) is 0.879. The Labute approximate surface area is 230 Å². The molecule has 0 aromatic heterocycles. The van der Waals surface area contributed by atoms with Gasteiger partial charge in [0.1, 0.15) is 5.78 Å². The number of ketones is 1. The van der Waals surface area contributed by atoms with E-state index in [-0.39, 0.29) is 23.8 Å². The van der Waals surface area contributed by atoms with Gasteiger partial charge in [0, 0.05) is 25.3 Å². The molecule has 5 nitrogen and oxygen atoms in total. The number of allylic oxidation sites excluding steroid dienone is 1. The second-order valence-electron chi connectivity index (χ2n) is 14.6. The van der Waals surface area contributed by atoms with E-state index in [4.69, 9.17) is 9.47 Å². The Hall–Kier alpha value is -1.36. The van der Waals surface area contributed by atoms with Crippen molar-refractivity contribution in [1.82, 2.24) is 4.90 Å². The van der Waals surface area contributed by atoms with E-state index in [0.717, 1.165) is 69.7 Å². The second kappa shape index (κ2) is 9.93. The van der Waals surface area contributed by atoms with E-state index in [0.29, 0.717) is 41.5 Å². The molecule has 0 aromatic rings. The van der Waals surface area contributed by atoms with Crippen LogP contribution in [-0.4, -0.2) is 47.7 Å². The van der Waals surface area contributed by atoms with Crippen molar-refractivity contribution in [2.75, 3.05) is 13.2 Å². The van der Waals surface area contributed by atoms with Gasteiger partial charge in [-0.2, -0.15) is 0 Å². The van der Waals surface area contributed by atoms with Gasteiger partial charge in [0.25, 0.3) is 0 Å². The molecule has 2 heterocycles. The van der Waals surface area contributed by atoms with Gasteiger partial charge < -0.3 is 14.4 Å². The quantitative estimate of drug-likeness (QED) is 0.286. The SMILES string of the molecule is CCCCOC(=O)N1C[C@@H](C)C[C@H]2O[C@]3(CC[C@@H]4C(=C(C)C3)C[C@H]3[C@H]4CC[C@@H]4CC(=O)CC[C@@]43C)[C@H](C)[C@@H]21. The predicted molar refractivity (Wildman–Crippen MR) is 149 cm³/mol. The monoisotopic (exact) mass is 525 g/mol. The smallest absolute Gasteiger partial charge is 0.410 e. The molecule has 0 bridgehead atoms. The van der Waals surface area contributed by atoms with E-state index in [2.05, 4.69) is 34.6 Å². The van der Waals surface area contributed by atoms with Crippen molar-refractivity contribution < 1.29 is 19.1 Å². The number of nitrogens with zero attached hydrogens (tertiary/aromatic N) is 1. The summed E-state index contributed by atoms with van der Waals surface area (Å²) < 4.78 is 12.9. The number of fused-ring (bicyclic) bond motifs is 6. The summed E-state index contributed by atoms with van der Waals surface area (Å²) in [7, 11) is 0. The Balaban J connectivity index is 1.24. The molecular formula is C33H51NO4. The van der Waals surface area contributed by atoms with Crippen LogP contribution in [0.15, 0.2) is 11.1 Å². The first-order valence-electron chi connectivity index (χ1n) is 16.0. The summed E-state index contributed by atoms with van der Waals surface area (Å²) in [6, 6.07) is 0.123. The van der Waals surface area contributed by atoms with Crippen molar-refractivity contribution in [3.8, 4) is 0 Å². The van der Waals surface area contributed by atoms with E-state index < -0.39 is 0 Å². The van der Waals surface area contributed by atoms with Crippen LogP contribution in [0.25, 0.3) is 0 Å². The summed E-state index contributed by atoms with van der Waals surface area (Å²) in [5.41, 5.74) is 3.49. The van der Waals surface area contributed by atoms with Crippen molar-refractivity contribution in [3.63, 3.8) is 0 Å². The predicted octanol–water partition coefficient (Wildman–Crippen LogP) is 7.33. The summed E-state index contributed by atoms with van der Waals surface area (Å²) in [4.78, 5) is 27.5. The maximum absolute atomic E-state index is 13.2. The number of likely N-dealkylation sites (tertiary alicyclic amines) is 1. The second-order valence-corrected chi connectivity index (χ2v) is 14.6. The highest BCUT2D eigenvalue weighted by atomic mass is 16.6. The number of carbonyl (C=O) groups is 2. The topological polar surface area (TPSA) is 55.8 Å². The van der Waals surface area contributed by atoms with E-state index in [1.54, 1.807) is 11.1 Å². The molecule has 0 N–H and O–H groups in total. The maximum Gasteiger partial charge on any atom is 0.410 e. The van der Waals surface area contributed by atoms with Gasteiger partial charge in [0.05, 0.1) is 24.4 Å². The summed E-state index contributed by atoms with van der Waals surface area (Å²) in [5.74, 6) is 4.04. The van der Waals surface area contributed by atoms with Gasteiger partial charge in [-0.05, 0) is 99.7 Å². The molecule has 1 amide bonds. The van der Waals surface area contributed by atoms with Gasteiger partial charge in [-0.15, -0.1) is 0 Å². The Morgan fingerprint density at radius 2 is 1.97 bits per heavy atom. The van der Waals surface area contributed by atoms with Gasteiger partial charge in [-0.1, -0.05) is 45.3 Å². The minimum atomic E-state index is -0.170. The molecule has 6 aliphatic rings. The number of hydrogen-bond acceptors (Lipinski definition) is 4. The van der Waals surface area contributed by atoms with Crippen molar-refractivity contribution >= 4 is 11.9 Å². The van der Waals surface area contributed by atoms with Gasteiger partial charge in [-0.25, -0.2) is 4.79 Å². The fourth-order valence-electron chi connectivity index (χ4n) is 10.4. The molecule has 38 heavy (non-hydrogen) atoms. The zero-order valence-electron chi connectivity index (χ0n) is 24.6. The van der Waals surface area contributed by atoms with Crippen molar-refractivity contribution in [2.45, 2.75) is 129 Å². The molecule has 6 rings (SSSR count). The van der Waals surface area contributed by atoms with Crippen LogP contribution >= 0.6 is 0 Å². The zero-order valence-corrected chi connectivity index (χ0v) is 24.6. The highest BCUT2D eigenvalue weighted by molar-refractivity contribution is 5.79. The number of Topliss-reactive ketones (excluding diaryl/α,β-unsaturated/α-hetero) is 1. The van der Waals surface area contributed by atoms with Gasteiger partial charge >= 0.3 is 6.09 Å². The number of rotatable bonds is 3. The zero-order chi connectivity index (χ0) is 26.8. The molecule has 212 valence electrons. The molecule has 5 fully saturated rings. The average Bonchev–Trinajstić information content (AvgIpc) is 3.34. The van der Waals surface area contributed by atoms with Crippen molar-refractivity contribution in [2.24, 2.45) is 40.9 Å². The summed E-state index contributed by atoms with van der Waals surface area (Å²) in [6.07, 6.45) is 12.8. The molecule has 0 unspecified atom stereocenters. The van der Waals surface area contributed by atoms with Crippen molar-refractivity contribution in [3.05, 3.63) is 11.1 Å². The number of ether oxygens (including phenoxy) is 2. The standard InChI is InChI=1S/C33H51NO4/c1-6-7-14-37-31(36)34-19-20(2)15-29-30(34)22(4)33(38-29)13-11-25-26-9-8-23-16-24(35)10-12-32(23,5)28(26)17-27(25)21(3)18-33/h20,22-23,25-26,28-30H,6-19H2,1-5H3/t20-,22+,23+,25-,26-,28-,29+,30-,32-,33-/m0/s1. The van der Waals surface area contributed by atoms with Crippen molar-refractivity contribution in [1.29, 1.82) is 0 Å². The Morgan fingerprint density at radius 3 is 2.76 bits per heavy atom.